The molecule has 114 valence electrons. The summed E-state index contributed by atoms with van der Waals surface area (Å²) in [6.07, 6.45) is 3.42. The molecule has 2 aromatic carbocycles. The summed E-state index contributed by atoms with van der Waals surface area (Å²) < 4.78 is 0. The van der Waals surface area contributed by atoms with Crippen molar-refractivity contribution in [3.05, 3.63) is 88.7 Å². The molecule has 3 nitrogen and oxygen atoms in total. The fourth-order valence-electron chi connectivity index (χ4n) is 2.35. The van der Waals surface area contributed by atoms with Crippen LogP contribution in [0.15, 0.2) is 67.0 Å². The molecule has 0 atom stereocenters. The van der Waals surface area contributed by atoms with E-state index in [0.717, 1.165) is 16.9 Å². The van der Waals surface area contributed by atoms with Crippen molar-refractivity contribution < 1.29 is 4.79 Å². The molecule has 3 rings (SSSR count). The highest BCUT2D eigenvalue weighted by atomic mass is 35.5. The summed E-state index contributed by atoms with van der Waals surface area (Å²) in [5, 5.41) is 3.65. The molecule has 0 aliphatic carbocycles. The van der Waals surface area contributed by atoms with E-state index < -0.39 is 0 Å². The number of carbonyl (C=O) groups excluding carboxylic acids is 1. The van der Waals surface area contributed by atoms with Gasteiger partial charge < -0.3 is 5.32 Å². The molecular weight excluding hydrogens is 308 g/mol. The number of aryl methyl sites for hydroxylation is 1. The van der Waals surface area contributed by atoms with E-state index in [4.69, 9.17) is 11.6 Å². The molecule has 4 heteroatoms. The second-order valence-corrected chi connectivity index (χ2v) is 5.61. The normalized spacial score (nSPS) is 10.3. The van der Waals surface area contributed by atoms with Gasteiger partial charge in [0.25, 0.3) is 0 Å². The van der Waals surface area contributed by atoms with Crippen LogP contribution in [0.3, 0.4) is 0 Å². The highest BCUT2D eigenvalue weighted by Gasteiger charge is 2.15. The SMILES string of the molecule is Cc1ccccc1C(=O)c1ccc(Nc2ccncc2)cc1Cl. The average molecular weight is 323 g/mol. The number of ketones is 1. The van der Waals surface area contributed by atoms with E-state index in [1.54, 1.807) is 24.5 Å². The summed E-state index contributed by atoms with van der Waals surface area (Å²) in [7, 11) is 0. The fourth-order valence-corrected chi connectivity index (χ4v) is 2.62. The van der Waals surface area contributed by atoms with Gasteiger partial charge in [-0.25, -0.2) is 0 Å². The zero-order valence-electron chi connectivity index (χ0n) is 12.6. The molecule has 0 bridgehead atoms. The molecule has 23 heavy (non-hydrogen) atoms. The molecule has 0 amide bonds. The van der Waals surface area contributed by atoms with Crippen LogP contribution < -0.4 is 5.32 Å². The zero-order chi connectivity index (χ0) is 16.2. The standard InChI is InChI=1S/C19H15ClN2O/c1-13-4-2-3-5-16(13)19(23)17-7-6-15(12-18(17)20)22-14-8-10-21-11-9-14/h2-12H,1H3,(H,21,22). The Morgan fingerprint density at radius 1 is 0.957 bits per heavy atom. The number of halogens is 1. The van der Waals surface area contributed by atoms with Crippen LogP contribution >= 0.6 is 11.6 Å². The molecule has 1 N–H and O–H groups in total. The van der Waals surface area contributed by atoms with E-state index in [9.17, 15) is 4.79 Å². The van der Waals surface area contributed by atoms with Gasteiger partial charge in [-0.15, -0.1) is 0 Å². The highest BCUT2D eigenvalue weighted by molar-refractivity contribution is 6.35. The number of benzene rings is 2. The number of aromatic nitrogens is 1. The zero-order valence-corrected chi connectivity index (χ0v) is 13.3. The predicted octanol–water partition coefficient (Wildman–Crippen LogP) is 5.02. The molecule has 0 fully saturated rings. The molecule has 0 radical (unpaired) electrons. The van der Waals surface area contributed by atoms with Gasteiger partial charge in [0.2, 0.25) is 0 Å². The van der Waals surface area contributed by atoms with Gasteiger partial charge in [0.1, 0.15) is 0 Å². The van der Waals surface area contributed by atoms with Crippen LogP contribution in [0.25, 0.3) is 0 Å². The summed E-state index contributed by atoms with van der Waals surface area (Å²) in [5.74, 6) is -0.0661. The second kappa shape index (κ2) is 6.63. The molecule has 1 heterocycles. The first-order chi connectivity index (χ1) is 11.1. The van der Waals surface area contributed by atoms with Crippen LogP contribution in [0.5, 0.6) is 0 Å². The van der Waals surface area contributed by atoms with Crippen molar-refractivity contribution in [2.75, 3.05) is 5.32 Å². The van der Waals surface area contributed by atoms with Crippen molar-refractivity contribution in [1.29, 1.82) is 0 Å². The Morgan fingerprint density at radius 2 is 1.70 bits per heavy atom. The lowest BCUT2D eigenvalue weighted by molar-refractivity contribution is 0.103. The van der Waals surface area contributed by atoms with Gasteiger partial charge in [-0.3, -0.25) is 9.78 Å². The lowest BCUT2D eigenvalue weighted by Crippen LogP contribution is -2.04. The molecule has 0 saturated carbocycles. The van der Waals surface area contributed by atoms with Crippen LogP contribution in [0, 0.1) is 6.92 Å². The number of nitrogens with zero attached hydrogens (tertiary/aromatic N) is 1. The van der Waals surface area contributed by atoms with Gasteiger partial charge in [-0.1, -0.05) is 35.9 Å². The molecule has 0 saturated heterocycles. The van der Waals surface area contributed by atoms with Gasteiger partial charge in [-0.05, 0) is 42.8 Å². The van der Waals surface area contributed by atoms with Gasteiger partial charge in [0.15, 0.2) is 5.78 Å². The largest absolute Gasteiger partial charge is 0.355 e. The number of rotatable bonds is 4. The van der Waals surface area contributed by atoms with Crippen LogP contribution in [-0.4, -0.2) is 10.8 Å². The Labute approximate surface area is 140 Å². The maximum Gasteiger partial charge on any atom is 0.194 e. The molecule has 0 aliphatic rings. The molecule has 3 aromatic rings. The van der Waals surface area contributed by atoms with Crippen molar-refractivity contribution in [3.8, 4) is 0 Å². The minimum atomic E-state index is -0.0661. The van der Waals surface area contributed by atoms with Gasteiger partial charge in [-0.2, -0.15) is 0 Å². The van der Waals surface area contributed by atoms with Crippen molar-refractivity contribution in [2.24, 2.45) is 0 Å². The second-order valence-electron chi connectivity index (χ2n) is 5.20. The van der Waals surface area contributed by atoms with Crippen molar-refractivity contribution >= 4 is 28.8 Å². The van der Waals surface area contributed by atoms with E-state index in [0.29, 0.717) is 16.1 Å². The summed E-state index contributed by atoms with van der Waals surface area (Å²) in [4.78, 5) is 16.6. The molecular formula is C19H15ClN2O. The number of carbonyl (C=O) groups is 1. The fraction of sp³-hybridized carbons (Fsp3) is 0.0526. The quantitative estimate of drug-likeness (QED) is 0.686. The maximum atomic E-state index is 12.6. The molecule has 0 aliphatic heterocycles. The summed E-state index contributed by atoms with van der Waals surface area (Å²) in [6.45, 7) is 1.92. The first-order valence-corrected chi connectivity index (χ1v) is 7.60. The van der Waals surface area contributed by atoms with Gasteiger partial charge in [0.05, 0.1) is 5.02 Å². The Bertz CT molecular complexity index is 847. The Morgan fingerprint density at radius 3 is 2.39 bits per heavy atom. The van der Waals surface area contributed by atoms with Crippen LogP contribution in [0.1, 0.15) is 21.5 Å². The van der Waals surface area contributed by atoms with E-state index >= 15 is 0 Å². The first-order valence-electron chi connectivity index (χ1n) is 7.22. The Hall–Kier alpha value is -2.65. The lowest BCUT2D eigenvalue weighted by atomic mass is 9.99. The molecule has 0 unspecified atom stereocenters. The van der Waals surface area contributed by atoms with E-state index in [1.165, 1.54) is 0 Å². The van der Waals surface area contributed by atoms with Crippen molar-refractivity contribution in [3.63, 3.8) is 0 Å². The number of anilines is 2. The van der Waals surface area contributed by atoms with E-state index in [2.05, 4.69) is 10.3 Å². The Balaban J connectivity index is 1.88. The topological polar surface area (TPSA) is 42.0 Å². The number of hydrogen-bond acceptors (Lipinski definition) is 3. The number of nitrogens with one attached hydrogen (secondary N) is 1. The predicted molar refractivity (Wildman–Crippen MR) is 93.6 cm³/mol. The maximum absolute atomic E-state index is 12.6. The minimum Gasteiger partial charge on any atom is -0.355 e. The lowest BCUT2D eigenvalue weighted by Gasteiger charge is -2.10. The third-order valence-corrected chi connectivity index (χ3v) is 3.89. The summed E-state index contributed by atoms with van der Waals surface area (Å²) in [6, 6.07) is 16.6. The van der Waals surface area contributed by atoms with Crippen LogP contribution in [0.4, 0.5) is 11.4 Å². The monoisotopic (exact) mass is 322 g/mol. The minimum absolute atomic E-state index is 0.0661. The summed E-state index contributed by atoms with van der Waals surface area (Å²) >= 11 is 6.32. The third kappa shape index (κ3) is 3.41. The van der Waals surface area contributed by atoms with Gasteiger partial charge in [0, 0.05) is 34.9 Å². The number of pyridine rings is 1. The summed E-state index contributed by atoms with van der Waals surface area (Å²) in [5.41, 5.74) is 3.84. The van der Waals surface area contributed by atoms with E-state index in [1.807, 2.05) is 49.4 Å². The third-order valence-electron chi connectivity index (χ3n) is 3.57. The van der Waals surface area contributed by atoms with Gasteiger partial charge >= 0.3 is 0 Å². The van der Waals surface area contributed by atoms with Crippen LogP contribution in [0.2, 0.25) is 5.02 Å². The first kappa shape index (κ1) is 15.3. The highest BCUT2D eigenvalue weighted by Crippen LogP contribution is 2.26. The smallest absolute Gasteiger partial charge is 0.194 e. The average Bonchev–Trinajstić information content (AvgIpc) is 2.56. The Kier molecular flexibility index (Phi) is 4.40. The molecule has 1 aromatic heterocycles. The van der Waals surface area contributed by atoms with Crippen molar-refractivity contribution in [1.82, 2.24) is 4.98 Å². The number of hydrogen-bond donors (Lipinski definition) is 1. The molecule has 0 spiro atoms. The van der Waals surface area contributed by atoms with Crippen molar-refractivity contribution in [2.45, 2.75) is 6.92 Å². The van der Waals surface area contributed by atoms with E-state index in [-0.39, 0.29) is 5.78 Å². The van der Waals surface area contributed by atoms with Crippen LogP contribution in [-0.2, 0) is 0 Å².